The molecule has 3 heterocycles. The number of fused-ring (bicyclic) bond motifs is 1. The summed E-state index contributed by atoms with van der Waals surface area (Å²) in [7, 11) is 0. The van der Waals surface area contributed by atoms with E-state index in [1.807, 2.05) is 24.3 Å². The standard InChI is InChI=1S/C17H15N5/c18-11-22-10-4-7-14(22)16-20-15-13(8-9-19-17(15)21-16)12-5-2-1-3-6-12/h1-3,5-6,8-9,14H,4,7,10H2,(H,19,20,21). The number of aromatic nitrogens is 3. The summed E-state index contributed by atoms with van der Waals surface area (Å²) in [4.78, 5) is 14.2. The average molecular weight is 289 g/mol. The highest BCUT2D eigenvalue weighted by Gasteiger charge is 2.28. The number of pyridine rings is 1. The molecule has 1 N–H and O–H groups in total. The number of likely N-dealkylation sites (tertiary alicyclic amines) is 1. The molecule has 1 aromatic carbocycles. The molecule has 1 aliphatic rings. The number of imidazole rings is 1. The van der Waals surface area contributed by atoms with Crippen LogP contribution in [0.1, 0.15) is 24.7 Å². The van der Waals surface area contributed by atoms with E-state index in [1.54, 1.807) is 11.1 Å². The summed E-state index contributed by atoms with van der Waals surface area (Å²) in [6.45, 7) is 0.803. The molecule has 22 heavy (non-hydrogen) atoms. The maximum atomic E-state index is 9.22. The van der Waals surface area contributed by atoms with Gasteiger partial charge in [-0.05, 0) is 24.5 Å². The molecular weight excluding hydrogens is 274 g/mol. The number of rotatable bonds is 2. The van der Waals surface area contributed by atoms with E-state index in [9.17, 15) is 5.26 Å². The molecule has 0 amide bonds. The van der Waals surface area contributed by atoms with Crippen LogP contribution >= 0.6 is 0 Å². The highest BCUT2D eigenvalue weighted by Crippen LogP contribution is 2.32. The van der Waals surface area contributed by atoms with E-state index < -0.39 is 0 Å². The summed E-state index contributed by atoms with van der Waals surface area (Å²) in [5.74, 6) is 0.838. The summed E-state index contributed by atoms with van der Waals surface area (Å²) in [5, 5.41) is 9.22. The van der Waals surface area contributed by atoms with Crippen LogP contribution in [0.4, 0.5) is 0 Å². The van der Waals surface area contributed by atoms with Gasteiger partial charge in [0.05, 0.1) is 11.6 Å². The van der Waals surface area contributed by atoms with Crippen LogP contribution in [-0.4, -0.2) is 26.4 Å². The molecule has 1 aliphatic heterocycles. The van der Waals surface area contributed by atoms with E-state index >= 15 is 0 Å². The topological polar surface area (TPSA) is 68.6 Å². The minimum absolute atomic E-state index is 0.0443. The number of H-pyrrole nitrogens is 1. The predicted molar refractivity (Wildman–Crippen MR) is 83.6 cm³/mol. The summed E-state index contributed by atoms with van der Waals surface area (Å²) in [6, 6.07) is 12.2. The van der Waals surface area contributed by atoms with Crippen molar-refractivity contribution in [1.29, 1.82) is 5.26 Å². The van der Waals surface area contributed by atoms with Crippen LogP contribution in [0.5, 0.6) is 0 Å². The first-order chi connectivity index (χ1) is 10.9. The molecule has 4 rings (SSSR count). The molecule has 1 fully saturated rings. The van der Waals surface area contributed by atoms with Crippen molar-refractivity contribution >= 4 is 11.2 Å². The first kappa shape index (κ1) is 12.8. The number of benzene rings is 1. The van der Waals surface area contributed by atoms with Crippen molar-refractivity contribution in [3.63, 3.8) is 0 Å². The Kier molecular flexibility index (Phi) is 3.01. The molecule has 2 aromatic heterocycles. The Labute approximate surface area is 128 Å². The molecule has 0 radical (unpaired) electrons. The molecule has 5 nitrogen and oxygen atoms in total. The number of hydrogen-bond donors (Lipinski definition) is 1. The molecule has 1 atom stereocenters. The number of hydrogen-bond acceptors (Lipinski definition) is 4. The Morgan fingerprint density at radius 3 is 2.91 bits per heavy atom. The van der Waals surface area contributed by atoms with Crippen LogP contribution in [0.25, 0.3) is 22.3 Å². The lowest BCUT2D eigenvalue weighted by molar-refractivity contribution is 0.362. The Morgan fingerprint density at radius 1 is 1.23 bits per heavy atom. The second-order valence-corrected chi connectivity index (χ2v) is 5.50. The number of nitriles is 1. The molecule has 1 saturated heterocycles. The third-order valence-electron chi connectivity index (χ3n) is 4.19. The average Bonchev–Trinajstić information content (AvgIpc) is 3.21. The Balaban J connectivity index is 1.83. The summed E-state index contributed by atoms with van der Waals surface area (Å²) in [6.07, 6.45) is 6.01. The fourth-order valence-electron chi connectivity index (χ4n) is 3.12. The molecule has 0 aliphatic carbocycles. The van der Waals surface area contributed by atoms with Crippen LogP contribution in [0, 0.1) is 11.5 Å². The van der Waals surface area contributed by atoms with Crippen molar-refractivity contribution in [1.82, 2.24) is 19.9 Å². The first-order valence-electron chi connectivity index (χ1n) is 7.43. The van der Waals surface area contributed by atoms with E-state index in [2.05, 4.69) is 33.3 Å². The molecule has 0 bridgehead atoms. The van der Waals surface area contributed by atoms with Crippen LogP contribution in [0.2, 0.25) is 0 Å². The fourth-order valence-corrected chi connectivity index (χ4v) is 3.12. The molecule has 5 heteroatoms. The van der Waals surface area contributed by atoms with Crippen LogP contribution in [0.15, 0.2) is 42.6 Å². The fraction of sp³-hybridized carbons (Fsp3) is 0.235. The molecule has 1 unspecified atom stereocenters. The van der Waals surface area contributed by atoms with Crippen molar-refractivity contribution in [3.8, 4) is 17.3 Å². The lowest BCUT2D eigenvalue weighted by atomic mass is 10.1. The van der Waals surface area contributed by atoms with Gasteiger partial charge in [0.1, 0.15) is 5.82 Å². The minimum atomic E-state index is 0.0443. The molecule has 108 valence electrons. The zero-order chi connectivity index (χ0) is 14.9. The Morgan fingerprint density at radius 2 is 2.09 bits per heavy atom. The van der Waals surface area contributed by atoms with E-state index in [0.717, 1.165) is 41.9 Å². The van der Waals surface area contributed by atoms with Gasteiger partial charge in [0.15, 0.2) is 11.8 Å². The third kappa shape index (κ3) is 2.01. The van der Waals surface area contributed by atoms with Gasteiger partial charge in [0.25, 0.3) is 0 Å². The van der Waals surface area contributed by atoms with Gasteiger partial charge in [-0.1, -0.05) is 30.3 Å². The van der Waals surface area contributed by atoms with Gasteiger partial charge in [-0.15, -0.1) is 0 Å². The van der Waals surface area contributed by atoms with Crippen molar-refractivity contribution < 1.29 is 0 Å². The molecule has 0 spiro atoms. The second kappa shape index (κ2) is 5.15. The van der Waals surface area contributed by atoms with Gasteiger partial charge < -0.3 is 9.88 Å². The predicted octanol–water partition coefficient (Wildman–Crippen LogP) is 3.24. The molecule has 0 saturated carbocycles. The van der Waals surface area contributed by atoms with E-state index in [4.69, 9.17) is 0 Å². The van der Waals surface area contributed by atoms with Crippen molar-refractivity contribution in [2.24, 2.45) is 0 Å². The maximum Gasteiger partial charge on any atom is 0.180 e. The normalized spacial score (nSPS) is 17.8. The quantitative estimate of drug-likeness (QED) is 0.735. The van der Waals surface area contributed by atoms with Crippen LogP contribution in [-0.2, 0) is 0 Å². The van der Waals surface area contributed by atoms with Gasteiger partial charge in [-0.3, -0.25) is 0 Å². The Hall–Kier alpha value is -2.87. The van der Waals surface area contributed by atoms with Crippen LogP contribution < -0.4 is 0 Å². The maximum absolute atomic E-state index is 9.22. The molecule has 3 aromatic rings. The zero-order valence-electron chi connectivity index (χ0n) is 12.0. The third-order valence-corrected chi connectivity index (χ3v) is 4.19. The number of nitrogens with one attached hydrogen (secondary N) is 1. The van der Waals surface area contributed by atoms with Crippen molar-refractivity contribution in [2.45, 2.75) is 18.9 Å². The lowest BCUT2D eigenvalue weighted by Crippen LogP contribution is -2.17. The Bertz CT molecular complexity index is 846. The van der Waals surface area contributed by atoms with E-state index in [0.29, 0.717) is 5.65 Å². The van der Waals surface area contributed by atoms with Gasteiger partial charge in [0, 0.05) is 18.3 Å². The van der Waals surface area contributed by atoms with Gasteiger partial charge in [-0.2, -0.15) is 5.26 Å². The zero-order valence-corrected chi connectivity index (χ0v) is 12.0. The smallest absolute Gasteiger partial charge is 0.180 e. The molecular formula is C17H15N5. The largest absolute Gasteiger partial charge is 0.338 e. The monoisotopic (exact) mass is 289 g/mol. The first-order valence-corrected chi connectivity index (χ1v) is 7.43. The van der Waals surface area contributed by atoms with Gasteiger partial charge in [0.2, 0.25) is 0 Å². The highest BCUT2D eigenvalue weighted by molar-refractivity contribution is 5.89. The van der Waals surface area contributed by atoms with Crippen molar-refractivity contribution in [2.75, 3.05) is 6.54 Å². The van der Waals surface area contributed by atoms with Gasteiger partial charge >= 0.3 is 0 Å². The summed E-state index contributed by atoms with van der Waals surface area (Å²) < 4.78 is 0. The van der Waals surface area contributed by atoms with Gasteiger partial charge in [-0.25, -0.2) is 9.97 Å². The van der Waals surface area contributed by atoms with Crippen LogP contribution in [0.3, 0.4) is 0 Å². The summed E-state index contributed by atoms with van der Waals surface area (Å²) >= 11 is 0. The van der Waals surface area contributed by atoms with E-state index in [-0.39, 0.29) is 6.04 Å². The lowest BCUT2D eigenvalue weighted by Gasteiger charge is -2.15. The summed E-state index contributed by atoms with van der Waals surface area (Å²) in [5.41, 5.74) is 3.87. The number of aromatic amines is 1. The van der Waals surface area contributed by atoms with Crippen molar-refractivity contribution in [3.05, 3.63) is 48.4 Å². The minimum Gasteiger partial charge on any atom is -0.338 e. The SMILES string of the molecule is N#CN1CCCC1c1nc2nccc(-c3ccccc3)c2[nH]1. The highest BCUT2D eigenvalue weighted by atomic mass is 15.2. The second-order valence-electron chi connectivity index (χ2n) is 5.50. The van der Waals surface area contributed by atoms with E-state index in [1.165, 1.54) is 0 Å². The number of nitrogens with zero attached hydrogens (tertiary/aromatic N) is 4.